The fraction of sp³-hybridized carbons (Fsp3) is 0.280. The Morgan fingerprint density at radius 3 is 2.62 bits per heavy atom. The Morgan fingerprint density at radius 1 is 1.09 bits per heavy atom. The Bertz CT molecular complexity index is 1280. The molecule has 7 nitrogen and oxygen atoms in total. The molecule has 176 valence electrons. The van der Waals surface area contributed by atoms with Crippen LogP contribution in [0.3, 0.4) is 0 Å². The lowest BCUT2D eigenvalue weighted by Gasteiger charge is -2.09. The van der Waals surface area contributed by atoms with Crippen molar-refractivity contribution in [1.82, 2.24) is 29.9 Å². The van der Waals surface area contributed by atoms with Crippen molar-refractivity contribution >= 4 is 29.3 Å². The molecule has 0 saturated carbocycles. The molecular weight excluding hydrogens is 468 g/mol. The zero-order valence-corrected chi connectivity index (χ0v) is 21.0. The number of hydrogen-bond acceptors (Lipinski definition) is 5. The maximum atomic E-state index is 12.6. The van der Waals surface area contributed by atoms with E-state index in [2.05, 4.69) is 32.7 Å². The van der Waals surface area contributed by atoms with Gasteiger partial charge in [0, 0.05) is 34.9 Å². The van der Waals surface area contributed by atoms with E-state index in [0.717, 1.165) is 28.3 Å². The highest BCUT2D eigenvalue weighted by molar-refractivity contribution is 7.99. The van der Waals surface area contributed by atoms with Crippen LogP contribution in [0.1, 0.15) is 29.4 Å². The van der Waals surface area contributed by atoms with Crippen molar-refractivity contribution in [1.29, 1.82) is 0 Å². The second-order valence-electron chi connectivity index (χ2n) is 7.92. The van der Waals surface area contributed by atoms with E-state index in [-0.39, 0.29) is 11.7 Å². The molecule has 0 radical (unpaired) electrons. The lowest BCUT2D eigenvalue weighted by molar-refractivity contribution is -0.118. The van der Waals surface area contributed by atoms with Gasteiger partial charge in [0.15, 0.2) is 11.0 Å². The number of aryl methyl sites for hydroxylation is 1. The summed E-state index contributed by atoms with van der Waals surface area (Å²) in [5.41, 5.74) is 5.13. The standard InChI is InChI=1S/C25H27ClN6OS/c1-4-31-24(20-11-8-12-21(26)13-20)28-29-25(31)34-16-23(33)27-14-22-17(2)30-32(18(22)3)15-19-9-6-5-7-10-19/h5-13H,4,14-16H2,1-3H3,(H,27,33). The summed E-state index contributed by atoms with van der Waals surface area (Å²) in [5, 5.41) is 17.7. The smallest absolute Gasteiger partial charge is 0.230 e. The molecule has 4 aromatic rings. The molecule has 0 bridgehead atoms. The molecule has 0 saturated heterocycles. The van der Waals surface area contributed by atoms with Crippen LogP contribution in [0.4, 0.5) is 0 Å². The molecule has 0 unspecified atom stereocenters. The van der Waals surface area contributed by atoms with Crippen LogP contribution in [0.5, 0.6) is 0 Å². The summed E-state index contributed by atoms with van der Waals surface area (Å²) in [7, 11) is 0. The van der Waals surface area contributed by atoms with Crippen molar-refractivity contribution in [3.8, 4) is 11.4 Å². The first-order valence-corrected chi connectivity index (χ1v) is 12.5. The van der Waals surface area contributed by atoms with E-state index < -0.39 is 0 Å². The van der Waals surface area contributed by atoms with Gasteiger partial charge in [-0.2, -0.15) is 5.10 Å². The Morgan fingerprint density at radius 2 is 1.88 bits per heavy atom. The number of benzene rings is 2. The summed E-state index contributed by atoms with van der Waals surface area (Å²) in [4.78, 5) is 12.6. The Kier molecular flexibility index (Phi) is 7.70. The molecule has 2 heterocycles. The zero-order valence-electron chi connectivity index (χ0n) is 19.5. The van der Waals surface area contributed by atoms with E-state index in [9.17, 15) is 4.79 Å². The predicted octanol–water partition coefficient (Wildman–Crippen LogP) is 4.89. The summed E-state index contributed by atoms with van der Waals surface area (Å²) in [5.74, 6) is 0.934. The summed E-state index contributed by atoms with van der Waals surface area (Å²) >= 11 is 7.50. The summed E-state index contributed by atoms with van der Waals surface area (Å²) in [6.07, 6.45) is 0. The van der Waals surface area contributed by atoms with E-state index >= 15 is 0 Å². The van der Waals surface area contributed by atoms with Gasteiger partial charge in [-0.1, -0.05) is 65.8 Å². The number of carbonyl (C=O) groups is 1. The quantitative estimate of drug-likeness (QED) is 0.335. The average molecular weight is 495 g/mol. The predicted molar refractivity (Wildman–Crippen MR) is 136 cm³/mol. The number of nitrogens with one attached hydrogen (secondary N) is 1. The van der Waals surface area contributed by atoms with Gasteiger partial charge < -0.3 is 9.88 Å². The van der Waals surface area contributed by atoms with E-state index in [4.69, 9.17) is 11.6 Å². The van der Waals surface area contributed by atoms with Gasteiger partial charge in [0.25, 0.3) is 0 Å². The molecule has 34 heavy (non-hydrogen) atoms. The Hall–Kier alpha value is -3.10. The number of carbonyl (C=O) groups excluding carboxylic acids is 1. The highest BCUT2D eigenvalue weighted by atomic mass is 35.5. The van der Waals surface area contributed by atoms with Crippen molar-refractivity contribution in [2.75, 3.05) is 5.75 Å². The topological polar surface area (TPSA) is 77.6 Å². The molecule has 1 amide bonds. The summed E-state index contributed by atoms with van der Waals surface area (Å²) in [6.45, 7) is 7.89. The number of rotatable bonds is 9. The third-order valence-electron chi connectivity index (χ3n) is 5.62. The fourth-order valence-corrected chi connectivity index (χ4v) is 4.81. The van der Waals surface area contributed by atoms with Crippen molar-refractivity contribution in [2.45, 2.75) is 45.6 Å². The van der Waals surface area contributed by atoms with Crippen LogP contribution in [0.15, 0.2) is 59.8 Å². The van der Waals surface area contributed by atoms with Crippen LogP contribution < -0.4 is 5.32 Å². The monoisotopic (exact) mass is 494 g/mol. The number of amides is 1. The lowest BCUT2D eigenvalue weighted by atomic mass is 10.2. The number of thioether (sulfide) groups is 1. The third-order valence-corrected chi connectivity index (χ3v) is 6.82. The highest BCUT2D eigenvalue weighted by Gasteiger charge is 2.16. The van der Waals surface area contributed by atoms with Gasteiger partial charge in [-0.3, -0.25) is 9.48 Å². The lowest BCUT2D eigenvalue weighted by Crippen LogP contribution is -2.25. The molecule has 2 aromatic heterocycles. The molecule has 0 atom stereocenters. The van der Waals surface area contributed by atoms with Crippen molar-refractivity contribution in [3.05, 3.63) is 82.1 Å². The van der Waals surface area contributed by atoms with Crippen LogP contribution in [0, 0.1) is 13.8 Å². The van der Waals surface area contributed by atoms with Gasteiger partial charge >= 0.3 is 0 Å². The first-order chi connectivity index (χ1) is 16.5. The average Bonchev–Trinajstić information content (AvgIpc) is 3.37. The van der Waals surface area contributed by atoms with E-state index in [0.29, 0.717) is 29.8 Å². The molecule has 2 aromatic carbocycles. The zero-order chi connectivity index (χ0) is 24.1. The minimum absolute atomic E-state index is 0.0606. The molecule has 1 N–H and O–H groups in total. The highest BCUT2D eigenvalue weighted by Crippen LogP contribution is 2.25. The molecule has 4 rings (SSSR count). The molecule has 0 aliphatic carbocycles. The molecule has 0 aliphatic heterocycles. The number of hydrogen-bond donors (Lipinski definition) is 1. The van der Waals surface area contributed by atoms with Crippen LogP contribution in [0.2, 0.25) is 5.02 Å². The molecule has 0 fully saturated rings. The molecule has 0 aliphatic rings. The van der Waals surface area contributed by atoms with Crippen LogP contribution >= 0.6 is 23.4 Å². The number of aromatic nitrogens is 5. The molecule has 9 heteroatoms. The number of halogens is 1. The Balaban J connectivity index is 1.36. The van der Waals surface area contributed by atoms with E-state index in [1.807, 2.05) is 72.5 Å². The van der Waals surface area contributed by atoms with Crippen molar-refractivity contribution in [2.24, 2.45) is 0 Å². The van der Waals surface area contributed by atoms with E-state index in [1.165, 1.54) is 17.3 Å². The third kappa shape index (κ3) is 5.51. The normalized spacial score (nSPS) is 11.1. The molecular formula is C25H27ClN6OS. The second kappa shape index (κ2) is 10.9. The van der Waals surface area contributed by atoms with Crippen molar-refractivity contribution in [3.63, 3.8) is 0 Å². The first kappa shape index (κ1) is 24.0. The largest absolute Gasteiger partial charge is 0.351 e. The maximum Gasteiger partial charge on any atom is 0.230 e. The minimum Gasteiger partial charge on any atom is -0.351 e. The van der Waals surface area contributed by atoms with Gasteiger partial charge in [0.05, 0.1) is 18.0 Å². The van der Waals surface area contributed by atoms with Crippen LogP contribution in [0.25, 0.3) is 11.4 Å². The first-order valence-electron chi connectivity index (χ1n) is 11.1. The maximum absolute atomic E-state index is 12.6. The fourth-order valence-electron chi connectivity index (χ4n) is 3.79. The van der Waals surface area contributed by atoms with Gasteiger partial charge in [-0.25, -0.2) is 0 Å². The number of nitrogens with zero attached hydrogens (tertiary/aromatic N) is 5. The van der Waals surface area contributed by atoms with E-state index in [1.54, 1.807) is 0 Å². The van der Waals surface area contributed by atoms with Gasteiger partial charge in [0.1, 0.15) is 0 Å². The van der Waals surface area contributed by atoms with Gasteiger partial charge in [-0.15, -0.1) is 10.2 Å². The van der Waals surface area contributed by atoms with Crippen molar-refractivity contribution < 1.29 is 4.79 Å². The Labute approximate surface area is 208 Å². The van der Waals surface area contributed by atoms with Gasteiger partial charge in [-0.05, 0) is 38.5 Å². The van der Waals surface area contributed by atoms with Gasteiger partial charge in [0.2, 0.25) is 5.91 Å². The van der Waals surface area contributed by atoms with Crippen LogP contribution in [-0.4, -0.2) is 36.2 Å². The van der Waals surface area contributed by atoms with Crippen LogP contribution in [-0.2, 0) is 24.4 Å². The summed E-state index contributed by atoms with van der Waals surface area (Å²) < 4.78 is 3.98. The minimum atomic E-state index is -0.0606. The summed E-state index contributed by atoms with van der Waals surface area (Å²) in [6, 6.07) is 17.8. The molecule has 0 spiro atoms. The SMILES string of the molecule is CCn1c(SCC(=O)NCc2c(C)nn(Cc3ccccc3)c2C)nnc1-c1cccc(Cl)c1. The second-order valence-corrected chi connectivity index (χ2v) is 9.30.